The number of thiophene rings is 1. The summed E-state index contributed by atoms with van der Waals surface area (Å²) < 4.78 is 4.42. The number of carbonyl (C=O) groups excluding carboxylic acids is 3. The zero-order valence-electron chi connectivity index (χ0n) is 8.85. The molecule has 86 valence electrons. The van der Waals surface area contributed by atoms with Crippen molar-refractivity contribution < 1.29 is 19.1 Å². The van der Waals surface area contributed by atoms with Gasteiger partial charge in [-0.25, -0.2) is 4.79 Å². The number of hydrogen-bond donors (Lipinski definition) is 1. The molecule has 1 aromatic heterocycles. The molecule has 0 radical (unpaired) electrons. The van der Waals surface area contributed by atoms with Crippen molar-refractivity contribution in [3.63, 3.8) is 0 Å². The minimum absolute atomic E-state index is 0.440. The van der Waals surface area contributed by atoms with Crippen LogP contribution in [0.4, 0.5) is 0 Å². The largest absolute Gasteiger partial charge is 0.467 e. The lowest BCUT2D eigenvalue weighted by molar-refractivity contribution is -0.145. The highest BCUT2D eigenvalue weighted by Gasteiger charge is 2.26. The number of amides is 1. The van der Waals surface area contributed by atoms with E-state index in [0.717, 1.165) is 7.11 Å². The van der Waals surface area contributed by atoms with Crippen LogP contribution in [0.2, 0.25) is 0 Å². The van der Waals surface area contributed by atoms with Crippen LogP contribution >= 0.6 is 11.3 Å². The molecule has 1 rings (SSSR count). The highest BCUT2D eigenvalue weighted by atomic mass is 32.1. The highest BCUT2D eigenvalue weighted by molar-refractivity contribution is 7.12. The summed E-state index contributed by atoms with van der Waals surface area (Å²) in [6.45, 7) is 1.22. The number of Topliss-reactive ketones (excluding diaryl/α,β-unsaturated/α-hetero) is 1. The molecule has 0 fully saturated rings. The van der Waals surface area contributed by atoms with Crippen molar-refractivity contribution in [1.29, 1.82) is 0 Å². The molecule has 0 aliphatic carbocycles. The second-order valence-electron chi connectivity index (χ2n) is 3.02. The normalized spacial score (nSPS) is 11.6. The molecule has 0 saturated carbocycles. The van der Waals surface area contributed by atoms with Gasteiger partial charge in [-0.1, -0.05) is 6.07 Å². The van der Waals surface area contributed by atoms with E-state index in [0.29, 0.717) is 4.88 Å². The number of methoxy groups -OCH3 is 1. The Morgan fingerprint density at radius 3 is 2.56 bits per heavy atom. The molecule has 0 aromatic carbocycles. The maximum atomic E-state index is 11.6. The zero-order chi connectivity index (χ0) is 12.1. The van der Waals surface area contributed by atoms with Crippen molar-refractivity contribution in [3.8, 4) is 0 Å². The summed E-state index contributed by atoms with van der Waals surface area (Å²) in [5.74, 6) is -1.69. The second-order valence-corrected chi connectivity index (χ2v) is 3.97. The molecule has 1 N–H and O–H groups in total. The van der Waals surface area contributed by atoms with E-state index in [-0.39, 0.29) is 0 Å². The predicted octanol–water partition coefficient (Wildman–Crippen LogP) is 0.608. The number of carbonyl (C=O) groups is 3. The summed E-state index contributed by atoms with van der Waals surface area (Å²) in [5, 5.41) is 4.05. The molecule has 1 unspecified atom stereocenters. The molecular weight excluding hydrogens is 230 g/mol. The topological polar surface area (TPSA) is 72.5 Å². The van der Waals surface area contributed by atoms with Gasteiger partial charge in [-0.3, -0.25) is 9.59 Å². The molecule has 0 spiro atoms. The molecular formula is C10H11NO4S. The first-order chi connectivity index (χ1) is 7.56. The predicted molar refractivity (Wildman–Crippen MR) is 58.3 cm³/mol. The van der Waals surface area contributed by atoms with Crippen LogP contribution in [0.1, 0.15) is 16.6 Å². The fraction of sp³-hybridized carbons (Fsp3) is 0.300. The van der Waals surface area contributed by atoms with Gasteiger partial charge >= 0.3 is 5.97 Å². The third kappa shape index (κ3) is 2.90. The summed E-state index contributed by atoms with van der Waals surface area (Å²) in [6.07, 6.45) is 0. The van der Waals surface area contributed by atoms with Gasteiger partial charge in [0, 0.05) is 0 Å². The lowest BCUT2D eigenvalue weighted by Crippen LogP contribution is -2.45. The van der Waals surface area contributed by atoms with E-state index in [2.05, 4.69) is 10.1 Å². The maximum Gasteiger partial charge on any atom is 0.336 e. The SMILES string of the molecule is COC(=O)C(NC(=O)c1cccs1)C(C)=O. The van der Waals surface area contributed by atoms with E-state index < -0.39 is 23.7 Å². The van der Waals surface area contributed by atoms with Crippen molar-refractivity contribution in [1.82, 2.24) is 5.32 Å². The van der Waals surface area contributed by atoms with Crippen molar-refractivity contribution in [2.75, 3.05) is 7.11 Å². The molecule has 6 heteroatoms. The van der Waals surface area contributed by atoms with Gasteiger partial charge in [0.15, 0.2) is 11.8 Å². The van der Waals surface area contributed by atoms with Crippen LogP contribution in [0.5, 0.6) is 0 Å². The van der Waals surface area contributed by atoms with Gasteiger partial charge in [0.05, 0.1) is 12.0 Å². The number of rotatable bonds is 4. The van der Waals surface area contributed by atoms with Crippen LogP contribution in [0.25, 0.3) is 0 Å². The molecule has 1 atom stereocenters. The summed E-state index contributed by atoms with van der Waals surface area (Å²) in [6, 6.07) is 2.08. The molecule has 1 aromatic rings. The van der Waals surface area contributed by atoms with E-state index in [1.165, 1.54) is 18.3 Å². The Hall–Kier alpha value is -1.69. The number of hydrogen-bond acceptors (Lipinski definition) is 5. The Morgan fingerprint density at radius 1 is 1.44 bits per heavy atom. The maximum absolute atomic E-state index is 11.6. The Labute approximate surface area is 96.4 Å². The van der Waals surface area contributed by atoms with Gasteiger partial charge < -0.3 is 10.1 Å². The van der Waals surface area contributed by atoms with Gasteiger partial charge in [0.2, 0.25) is 0 Å². The zero-order valence-corrected chi connectivity index (χ0v) is 9.67. The molecule has 0 saturated heterocycles. The van der Waals surface area contributed by atoms with E-state index in [1.807, 2.05) is 0 Å². The van der Waals surface area contributed by atoms with Crippen LogP contribution in [0.15, 0.2) is 17.5 Å². The molecule has 1 heterocycles. The average Bonchev–Trinajstić information content (AvgIpc) is 2.77. The van der Waals surface area contributed by atoms with Crippen LogP contribution in [-0.2, 0) is 14.3 Å². The molecule has 16 heavy (non-hydrogen) atoms. The third-order valence-corrected chi connectivity index (χ3v) is 2.73. The van der Waals surface area contributed by atoms with Crippen molar-refractivity contribution in [3.05, 3.63) is 22.4 Å². The number of ketones is 1. The van der Waals surface area contributed by atoms with Crippen LogP contribution in [0, 0.1) is 0 Å². The van der Waals surface area contributed by atoms with E-state index >= 15 is 0 Å². The Balaban J connectivity index is 2.73. The lowest BCUT2D eigenvalue weighted by atomic mass is 10.2. The number of esters is 1. The average molecular weight is 241 g/mol. The molecule has 5 nitrogen and oxygen atoms in total. The minimum atomic E-state index is -1.24. The Bertz CT molecular complexity index is 399. The number of nitrogens with one attached hydrogen (secondary N) is 1. The van der Waals surface area contributed by atoms with Gasteiger partial charge in [-0.15, -0.1) is 11.3 Å². The number of ether oxygens (including phenoxy) is 1. The first kappa shape index (κ1) is 12.4. The van der Waals surface area contributed by atoms with Gasteiger partial charge in [-0.05, 0) is 18.4 Å². The molecule has 0 bridgehead atoms. The summed E-state index contributed by atoms with van der Waals surface area (Å²) in [5.41, 5.74) is 0. The van der Waals surface area contributed by atoms with Crippen LogP contribution in [0.3, 0.4) is 0 Å². The Kier molecular flexibility index (Phi) is 4.19. The smallest absolute Gasteiger partial charge is 0.336 e. The van der Waals surface area contributed by atoms with E-state index in [9.17, 15) is 14.4 Å². The summed E-state index contributed by atoms with van der Waals surface area (Å²) >= 11 is 1.23. The Morgan fingerprint density at radius 2 is 2.12 bits per heavy atom. The summed E-state index contributed by atoms with van der Waals surface area (Å²) in [7, 11) is 1.16. The van der Waals surface area contributed by atoms with Gasteiger partial charge in [0.25, 0.3) is 5.91 Å². The molecule has 1 amide bonds. The van der Waals surface area contributed by atoms with Gasteiger partial charge in [-0.2, -0.15) is 0 Å². The quantitative estimate of drug-likeness (QED) is 0.619. The fourth-order valence-corrected chi connectivity index (χ4v) is 1.68. The lowest BCUT2D eigenvalue weighted by Gasteiger charge is -2.12. The van der Waals surface area contributed by atoms with Gasteiger partial charge in [0.1, 0.15) is 0 Å². The molecule has 0 aliphatic heterocycles. The summed E-state index contributed by atoms with van der Waals surface area (Å²) in [4.78, 5) is 34.4. The minimum Gasteiger partial charge on any atom is -0.467 e. The molecule has 0 aliphatic rings. The van der Waals surface area contributed by atoms with E-state index in [4.69, 9.17) is 0 Å². The standard InChI is InChI=1S/C10H11NO4S/c1-6(12)8(10(14)15-2)11-9(13)7-4-3-5-16-7/h3-5,8H,1-2H3,(H,11,13). The third-order valence-electron chi connectivity index (χ3n) is 1.86. The van der Waals surface area contributed by atoms with Crippen molar-refractivity contribution >= 4 is 29.0 Å². The van der Waals surface area contributed by atoms with Crippen molar-refractivity contribution in [2.45, 2.75) is 13.0 Å². The van der Waals surface area contributed by atoms with Crippen molar-refractivity contribution in [2.24, 2.45) is 0 Å². The van der Waals surface area contributed by atoms with Crippen LogP contribution in [-0.4, -0.2) is 30.8 Å². The first-order valence-corrected chi connectivity index (χ1v) is 5.37. The van der Waals surface area contributed by atoms with Crippen LogP contribution < -0.4 is 5.32 Å². The first-order valence-electron chi connectivity index (χ1n) is 4.49. The second kappa shape index (κ2) is 5.41. The monoisotopic (exact) mass is 241 g/mol. The fourth-order valence-electron chi connectivity index (χ4n) is 1.05. The highest BCUT2D eigenvalue weighted by Crippen LogP contribution is 2.08. The van der Waals surface area contributed by atoms with E-state index in [1.54, 1.807) is 17.5 Å².